The highest BCUT2D eigenvalue weighted by Gasteiger charge is 2.14. The number of ketones is 1. The van der Waals surface area contributed by atoms with Gasteiger partial charge in [-0.15, -0.1) is 11.3 Å². The zero-order valence-electron chi connectivity index (χ0n) is 15.4. The van der Waals surface area contributed by atoms with Crippen molar-refractivity contribution in [3.63, 3.8) is 0 Å². The number of Topliss-reactive ketones (excluding diaryl/α,β-unsaturated/α-hetero) is 1. The van der Waals surface area contributed by atoms with Crippen LogP contribution in [0.3, 0.4) is 0 Å². The van der Waals surface area contributed by atoms with E-state index in [1.165, 1.54) is 22.2 Å². The number of esters is 1. The monoisotopic (exact) mass is 384 g/mol. The van der Waals surface area contributed by atoms with E-state index in [2.05, 4.69) is 4.98 Å². The number of carbonyl (C=O) groups excluding carboxylic acids is 2. The number of hydrogen-bond donors (Lipinski definition) is 0. The van der Waals surface area contributed by atoms with E-state index in [0.717, 1.165) is 16.7 Å². The summed E-state index contributed by atoms with van der Waals surface area (Å²) in [6.07, 6.45) is 1.43. The zero-order chi connectivity index (χ0) is 19.6. The van der Waals surface area contributed by atoms with Crippen LogP contribution in [0.15, 0.2) is 34.7 Å². The van der Waals surface area contributed by atoms with E-state index in [1.807, 2.05) is 32.9 Å². The Balaban J connectivity index is 1.58. The number of fused-ring (bicyclic) bond motifs is 1. The fourth-order valence-electron chi connectivity index (χ4n) is 2.82. The van der Waals surface area contributed by atoms with E-state index in [4.69, 9.17) is 4.74 Å². The molecule has 0 N–H and O–H groups in total. The number of aromatic nitrogens is 2. The molecule has 0 saturated heterocycles. The summed E-state index contributed by atoms with van der Waals surface area (Å²) in [6.45, 7) is 5.64. The molecule has 0 bridgehead atoms. The maximum absolute atomic E-state index is 12.3. The van der Waals surface area contributed by atoms with Gasteiger partial charge in [0.25, 0.3) is 5.56 Å². The Labute approximate surface area is 160 Å². The van der Waals surface area contributed by atoms with Crippen molar-refractivity contribution in [3.8, 4) is 0 Å². The number of aryl methyl sites for hydroxylation is 4. The van der Waals surface area contributed by atoms with Crippen molar-refractivity contribution in [1.82, 2.24) is 9.55 Å². The van der Waals surface area contributed by atoms with Crippen molar-refractivity contribution in [2.75, 3.05) is 6.61 Å². The first-order valence-electron chi connectivity index (χ1n) is 8.56. The van der Waals surface area contributed by atoms with Gasteiger partial charge in [0.2, 0.25) is 5.78 Å². The van der Waals surface area contributed by atoms with Crippen molar-refractivity contribution in [1.29, 1.82) is 0 Å². The molecule has 0 saturated carbocycles. The molecule has 140 valence electrons. The first-order chi connectivity index (χ1) is 12.9. The fraction of sp³-hybridized carbons (Fsp3) is 0.300. The van der Waals surface area contributed by atoms with E-state index >= 15 is 0 Å². The van der Waals surface area contributed by atoms with E-state index in [-0.39, 0.29) is 30.9 Å². The van der Waals surface area contributed by atoms with Gasteiger partial charge in [0, 0.05) is 12.1 Å². The number of nitrogens with zero attached hydrogens (tertiary/aromatic N) is 2. The number of rotatable bonds is 6. The van der Waals surface area contributed by atoms with Crippen LogP contribution >= 0.6 is 11.3 Å². The molecule has 27 heavy (non-hydrogen) atoms. The van der Waals surface area contributed by atoms with Crippen LogP contribution < -0.4 is 5.56 Å². The summed E-state index contributed by atoms with van der Waals surface area (Å²) in [5, 5.41) is 2.34. The molecule has 0 unspecified atom stereocenters. The number of thiophene rings is 1. The van der Waals surface area contributed by atoms with Crippen LogP contribution in [0.5, 0.6) is 0 Å². The summed E-state index contributed by atoms with van der Waals surface area (Å²) in [7, 11) is 0. The SMILES string of the molecule is Cc1cc(C)c(C(=O)COC(=O)CCn2cnc3sccc3c2=O)cc1C. The molecule has 0 spiro atoms. The van der Waals surface area contributed by atoms with Gasteiger partial charge in [-0.05, 0) is 55.0 Å². The Morgan fingerprint density at radius 3 is 2.67 bits per heavy atom. The lowest BCUT2D eigenvalue weighted by atomic mass is 9.98. The first-order valence-corrected chi connectivity index (χ1v) is 9.44. The Morgan fingerprint density at radius 1 is 1.15 bits per heavy atom. The van der Waals surface area contributed by atoms with Crippen molar-refractivity contribution >= 4 is 33.3 Å². The van der Waals surface area contributed by atoms with Gasteiger partial charge in [0.05, 0.1) is 18.1 Å². The molecular formula is C20H20N2O4S. The van der Waals surface area contributed by atoms with Crippen LogP contribution in [0.2, 0.25) is 0 Å². The van der Waals surface area contributed by atoms with Crippen molar-refractivity contribution < 1.29 is 14.3 Å². The van der Waals surface area contributed by atoms with Gasteiger partial charge >= 0.3 is 5.97 Å². The van der Waals surface area contributed by atoms with Crippen molar-refractivity contribution in [2.45, 2.75) is 33.7 Å². The molecular weight excluding hydrogens is 364 g/mol. The zero-order valence-corrected chi connectivity index (χ0v) is 16.3. The molecule has 6 nitrogen and oxygen atoms in total. The third-order valence-electron chi connectivity index (χ3n) is 4.51. The molecule has 0 fully saturated rings. The van der Waals surface area contributed by atoms with Gasteiger partial charge in [-0.1, -0.05) is 6.07 Å². The topological polar surface area (TPSA) is 78.3 Å². The van der Waals surface area contributed by atoms with Crippen LogP contribution in [0, 0.1) is 20.8 Å². The summed E-state index contributed by atoms with van der Waals surface area (Å²) in [6, 6.07) is 5.49. The van der Waals surface area contributed by atoms with Crippen molar-refractivity contribution in [3.05, 3.63) is 62.5 Å². The maximum Gasteiger partial charge on any atom is 0.308 e. The van der Waals surface area contributed by atoms with Gasteiger partial charge in [-0.2, -0.15) is 0 Å². The first kappa shape index (κ1) is 19.0. The van der Waals surface area contributed by atoms with Gasteiger partial charge in [0.1, 0.15) is 4.83 Å². The second-order valence-electron chi connectivity index (χ2n) is 6.47. The normalized spacial score (nSPS) is 10.9. The highest BCUT2D eigenvalue weighted by atomic mass is 32.1. The molecule has 0 amide bonds. The van der Waals surface area contributed by atoms with Crippen molar-refractivity contribution in [2.24, 2.45) is 0 Å². The van der Waals surface area contributed by atoms with Crippen LogP contribution in [0.1, 0.15) is 33.5 Å². The lowest BCUT2D eigenvalue weighted by Gasteiger charge is -2.10. The predicted octanol–water partition coefficient (Wildman–Crippen LogP) is 3.20. The molecule has 7 heteroatoms. The third-order valence-corrected chi connectivity index (χ3v) is 5.33. The molecule has 0 atom stereocenters. The van der Waals surface area contributed by atoms with E-state index in [9.17, 15) is 14.4 Å². The molecule has 3 rings (SSSR count). The Hall–Kier alpha value is -2.80. The quantitative estimate of drug-likeness (QED) is 0.482. The molecule has 0 radical (unpaired) electrons. The summed E-state index contributed by atoms with van der Waals surface area (Å²) in [5.41, 5.74) is 3.37. The van der Waals surface area contributed by atoms with Gasteiger partial charge < -0.3 is 4.74 Å². The molecule has 2 heterocycles. The van der Waals surface area contributed by atoms with E-state index in [1.54, 1.807) is 11.4 Å². The Morgan fingerprint density at radius 2 is 1.89 bits per heavy atom. The minimum absolute atomic E-state index is 0.00355. The lowest BCUT2D eigenvalue weighted by molar-refractivity contribution is -0.142. The third kappa shape index (κ3) is 4.14. The highest BCUT2D eigenvalue weighted by Crippen LogP contribution is 2.16. The standard InChI is InChI=1S/C20H20N2O4S/c1-12-8-14(3)16(9-13(12)2)17(23)10-26-18(24)4-6-22-11-21-19-15(20(22)25)5-7-27-19/h5,7-9,11H,4,6,10H2,1-3H3. The van der Waals surface area contributed by atoms with Gasteiger partial charge in [-0.25, -0.2) is 4.98 Å². The number of ether oxygens (including phenoxy) is 1. The smallest absolute Gasteiger partial charge is 0.308 e. The van der Waals surface area contributed by atoms with Gasteiger partial charge in [0.15, 0.2) is 6.61 Å². The number of benzene rings is 1. The van der Waals surface area contributed by atoms with Gasteiger partial charge in [-0.3, -0.25) is 19.0 Å². The fourth-order valence-corrected chi connectivity index (χ4v) is 3.54. The Bertz CT molecular complexity index is 1080. The molecule has 0 aliphatic heterocycles. The second-order valence-corrected chi connectivity index (χ2v) is 7.36. The van der Waals surface area contributed by atoms with Crippen LogP contribution in [0.4, 0.5) is 0 Å². The molecule has 0 aliphatic rings. The number of hydrogen-bond acceptors (Lipinski definition) is 6. The summed E-state index contributed by atoms with van der Waals surface area (Å²) < 4.78 is 6.48. The van der Waals surface area contributed by atoms with E-state index in [0.29, 0.717) is 15.8 Å². The molecule has 3 aromatic rings. The average Bonchev–Trinajstić information content (AvgIpc) is 3.11. The maximum atomic E-state index is 12.3. The second kappa shape index (κ2) is 7.84. The summed E-state index contributed by atoms with van der Waals surface area (Å²) in [5.74, 6) is -0.760. The Kier molecular flexibility index (Phi) is 5.51. The average molecular weight is 384 g/mol. The van der Waals surface area contributed by atoms with Crippen LogP contribution in [-0.4, -0.2) is 27.9 Å². The summed E-state index contributed by atoms with van der Waals surface area (Å²) >= 11 is 1.39. The largest absolute Gasteiger partial charge is 0.457 e. The lowest BCUT2D eigenvalue weighted by Crippen LogP contribution is -2.22. The molecule has 0 aliphatic carbocycles. The van der Waals surface area contributed by atoms with E-state index < -0.39 is 5.97 Å². The number of carbonyl (C=O) groups is 2. The van der Waals surface area contributed by atoms with Crippen LogP contribution in [0.25, 0.3) is 10.2 Å². The minimum Gasteiger partial charge on any atom is -0.457 e. The summed E-state index contributed by atoms with van der Waals surface area (Å²) in [4.78, 5) is 41.5. The van der Waals surface area contributed by atoms with Crippen LogP contribution in [-0.2, 0) is 16.1 Å². The highest BCUT2D eigenvalue weighted by molar-refractivity contribution is 7.16. The predicted molar refractivity (Wildman–Crippen MR) is 104 cm³/mol. The molecule has 1 aromatic carbocycles. The minimum atomic E-state index is -0.526. The molecule has 2 aromatic heterocycles.